The van der Waals surface area contributed by atoms with Gasteiger partial charge in [-0.2, -0.15) is 0 Å². The summed E-state index contributed by atoms with van der Waals surface area (Å²) in [6.07, 6.45) is 22.6. The van der Waals surface area contributed by atoms with Gasteiger partial charge in [0.15, 0.2) is 0 Å². The molecule has 0 saturated heterocycles. The average molecular weight is 248 g/mol. The summed E-state index contributed by atoms with van der Waals surface area (Å²) in [5.41, 5.74) is 5.52. The molecule has 96 valence electrons. The van der Waals surface area contributed by atoms with Crippen LogP contribution in [0.3, 0.4) is 0 Å². The molecule has 0 radical (unpaired) electrons. The van der Waals surface area contributed by atoms with Gasteiger partial charge >= 0.3 is 0 Å². The Morgan fingerprint density at radius 1 is 1.26 bits per heavy atom. The lowest BCUT2D eigenvalue weighted by atomic mass is 9.70. The molecule has 0 fully saturated rings. The molecule has 0 heteroatoms. The van der Waals surface area contributed by atoms with Crippen LogP contribution in [0.1, 0.15) is 19.8 Å². The van der Waals surface area contributed by atoms with E-state index in [-0.39, 0.29) is 0 Å². The van der Waals surface area contributed by atoms with Gasteiger partial charge in [0, 0.05) is 11.8 Å². The van der Waals surface area contributed by atoms with E-state index in [4.69, 9.17) is 0 Å². The summed E-state index contributed by atoms with van der Waals surface area (Å²) in [5.74, 6) is 0.953. The van der Waals surface area contributed by atoms with Crippen LogP contribution in [0, 0.1) is 11.8 Å². The van der Waals surface area contributed by atoms with Crippen LogP contribution in [0.5, 0.6) is 0 Å². The van der Waals surface area contributed by atoms with Crippen molar-refractivity contribution in [2.45, 2.75) is 19.8 Å². The quantitative estimate of drug-likeness (QED) is 0.599. The van der Waals surface area contributed by atoms with E-state index in [1.165, 1.54) is 29.6 Å². The van der Waals surface area contributed by atoms with Gasteiger partial charge in [-0.25, -0.2) is 0 Å². The molecule has 0 N–H and O–H groups in total. The molecule has 0 bridgehead atoms. The molecular weight excluding hydrogens is 228 g/mol. The van der Waals surface area contributed by atoms with E-state index in [1.54, 1.807) is 0 Å². The lowest BCUT2D eigenvalue weighted by Crippen LogP contribution is -2.22. The standard InChI is InChI=1S/C19H20/c1-3-7-14(2)16-10-6-11-18-17-9-5-4-8-15(17)12-13-19(16)18/h3,5-7,9-13,18-19H,2,4,8H2,1H3. The third kappa shape index (κ3) is 2.12. The average Bonchev–Trinajstić information content (AvgIpc) is 2.46. The maximum absolute atomic E-state index is 4.21. The van der Waals surface area contributed by atoms with Crippen LogP contribution in [-0.2, 0) is 0 Å². The number of fused-ring (bicyclic) bond motifs is 2. The van der Waals surface area contributed by atoms with Crippen LogP contribution in [0.25, 0.3) is 0 Å². The summed E-state index contributed by atoms with van der Waals surface area (Å²) >= 11 is 0. The minimum absolute atomic E-state index is 0.454. The molecule has 0 aromatic heterocycles. The molecule has 0 aliphatic heterocycles. The fourth-order valence-corrected chi connectivity index (χ4v) is 3.27. The van der Waals surface area contributed by atoms with Crippen LogP contribution in [-0.4, -0.2) is 0 Å². The Kier molecular flexibility index (Phi) is 3.25. The van der Waals surface area contributed by atoms with E-state index in [0.717, 1.165) is 5.57 Å². The smallest absolute Gasteiger partial charge is 0.0131 e. The highest BCUT2D eigenvalue weighted by atomic mass is 14.3. The van der Waals surface area contributed by atoms with Crippen molar-refractivity contribution in [1.82, 2.24) is 0 Å². The van der Waals surface area contributed by atoms with Crippen molar-refractivity contribution in [3.8, 4) is 0 Å². The molecule has 2 unspecified atom stereocenters. The summed E-state index contributed by atoms with van der Waals surface area (Å²) in [6, 6.07) is 0. The minimum atomic E-state index is 0.454. The highest BCUT2D eigenvalue weighted by Crippen LogP contribution is 2.42. The first-order chi connectivity index (χ1) is 9.31. The molecule has 19 heavy (non-hydrogen) atoms. The van der Waals surface area contributed by atoms with Crippen LogP contribution >= 0.6 is 0 Å². The largest absolute Gasteiger partial charge is 0.0915 e. The van der Waals surface area contributed by atoms with Gasteiger partial charge < -0.3 is 0 Å². The van der Waals surface area contributed by atoms with Crippen molar-refractivity contribution >= 4 is 0 Å². The topological polar surface area (TPSA) is 0 Å². The van der Waals surface area contributed by atoms with Crippen LogP contribution in [0.15, 0.2) is 83.6 Å². The van der Waals surface area contributed by atoms with Crippen molar-refractivity contribution in [2.75, 3.05) is 0 Å². The van der Waals surface area contributed by atoms with E-state index in [2.05, 4.69) is 61.3 Å². The van der Waals surface area contributed by atoms with Crippen molar-refractivity contribution < 1.29 is 0 Å². The number of hydrogen-bond acceptors (Lipinski definition) is 0. The Morgan fingerprint density at radius 3 is 3.00 bits per heavy atom. The fraction of sp³-hybridized carbons (Fsp3) is 0.263. The fourth-order valence-electron chi connectivity index (χ4n) is 3.27. The van der Waals surface area contributed by atoms with E-state index in [1.807, 2.05) is 6.92 Å². The number of rotatable bonds is 2. The van der Waals surface area contributed by atoms with Gasteiger partial charge in [-0.1, -0.05) is 61.3 Å². The third-order valence-corrected chi connectivity index (χ3v) is 4.19. The molecule has 0 nitrogen and oxygen atoms in total. The zero-order valence-electron chi connectivity index (χ0n) is 11.5. The zero-order chi connectivity index (χ0) is 13.2. The monoisotopic (exact) mass is 248 g/mol. The van der Waals surface area contributed by atoms with Crippen LogP contribution in [0.4, 0.5) is 0 Å². The molecule has 3 rings (SSSR count). The molecule has 0 heterocycles. The first-order valence-electron chi connectivity index (χ1n) is 7.09. The Balaban J connectivity index is 1.96. The van der Waals surface area contributed by atoms with Crippen molar-refractivity contribution in [3.63, 3.8) is 0 Å². The zero-order valence-corrected chi connectivity index (χ0v) is 11.5. The van der Waals surface area contributed by atoms with Crippen molar-refractivity contribution in [3.05, 3.63) is 83.6 Å². The second-order valence-electron chi connectivity index (χ2n) is 5.36. The molecule has 3 aliphatic rings. The van der Waals surface area contributed by atoms with Gasteiger partial charge in [0.2, 0.25) is 0 Å². The minimum Gasteiger partial charge on any atom is -0.0915 e. The summed E-state index contributed by atoms with van der Waals surface area (Å²) in [5, 5.41) is 0. The lowest BCUT2D eigenvalue weighted by Gasteiger charge is -2.34. The highest BCUT2D eigenvalue weighted by Gasteiger charge is 2.30. The summed E-state index contributed by atoms with van der Waals surface area (Å²) in [4.78, 5) is 0. The molecule has 0 saturated carbocycles. The van der Waals surface area contributed by atoms with E-state index in [9.17, 15) is 0 Å². The Hall–Kier alpha value is -1.82. The van der Waals surface area contributed by atoms with E-state index in [0.29, 0.717) is 11.8 Å². The Morgan fingerprint density at radius 2 is 2.16 bits per heavy atom. The first kappa shape index (κ1) is 12.2. The third-order valence-electron chi connectivity index (χ3n) is 4.19. The molecule has 3 aliphatic carbocycles. The van der Waals surface area contributed by atoms with E-state index < -0.39 is 0 Å². The predicted molar refractivity (Wildman–Crippen MR) is 82.7 cm³/mol. The molecule has 0 spiro atoms. The van der Waals surface area contributed by atoms with Gasteiger partial charge in [0.1, 0.15) is 0 Å². The second-order valence-corrected chi connectivity index (χ2v) is 5.36. The van der Waals surface area contributed by atoms with Gasteiger partial charge in [-0.3, -0.25) is 0 Å². The van der Waals surface area contributed by atoms with Gasteiger partial charge in [-0.05, 0) is 42.1 Å². The number of hydrogen-bond donors (Lipinski definition) is 0. The highest BCUT2D eigenvalue weighted by molar-refractivity contribution is 5.53. The molecule has 0 amide bonds. The van der Waals surface area contributed by atoms with Crippen LogP contribution < -0.4 is 0 Å². The Bertz CT molecular complexity index is 573. The van der Waals surface area contributed by atoms with Crippen molar-refractivity contribution in [1.29, 1.82) is 0 Å². The normalized spacial score (nSPS) is 28.4. The first-order valence-corrected chi connectivity index (χ1v) is 7.09. The molecule has 0 aromatic carbocycles. The van der Waals surface area contributed by atoms with Crippen LogP contribution in [0.2, 0.25) is 0 Å². The van der Waals surface area contributed by atoms with Crippen molar-refractivity contribution in [2.24, 2.45) is 11.8 Å². The van der Waals surface area contributed by atoms with Gasteiger partial charge in [-0.15, -0.1) is 0 Å². The predicted octanol–water partition coefficient (Wildman–Crippen LogP) is 5.06. The maximum Gasteiger partial charge on any atom is 0.0131 e. The van der Waals surface area contributed by atoms with E-state index >= 15 is 0 Å². The molecular formula is C19H20. The summed E-state index contributed by atoms with van der Waals surface area (Å²) in [7, 11) is 0. The molecule has 0 aromatic rings. The maximum atomic E-state index is 4.21. The SMILES string of the molecule is C=C(C=CC)C1=CC=CC2C3=C(C=CC12)CCC=C3. The second kappa shape index (κ2) is 5.05. The summed E-state index contributed by atoms with van der Waals surface area (Å²) < 4.78 is 0. The van der Waals surface area contributed by atoms with Gasteiger partial charge in [0.25, 0.3) is 0 Å². The summed E-state index contributed by atoms with van der Waals surface area (Å²) in [6.45, 7) is 6.25. The lowest BCUT2D eigenvalue weighted by molar-refractivity contribution is 0.596. The molecule has 2 atom stereocenters. The Labute approximate surface area is 115 Å². The number of allylic oxidation sites excluding steroid dienone is 13. The van der Waals surface area contributed by atoms with Gasteiger partial charge in [0.05, 0.1) is 0 Å².